The van der Waals surface area contributed by atoms with Crippen LogP contribution in [0.5, 0.6) is 17.4 Å². The van der Waals surface area contributed by atoms with E-state index in [4.69, 9.17) is 9.47 Å². The van der Waals surface area contributed by atoms with Gasteiger partial charge in [0.25, 0.3) is 5.91 Å². The van der Waals surface area contributed by atoms with Crippen molar-refractivity contribution in [3.05, 3.63) is 83.6 Å². The van der Waals surface area contributed by atoms with E-state index in [1.165, 1.54) is 11.3 Å². The maximum atomic E-state index is 12.3. The highest BCUT2D eigenvalue weighted by atomic mass is 32.1. The predicted molar refractivity (Wildman–Crippen MR) is 118 cm³/mol. The largest absolute Gasteiger partial charge is 0.484 e. The zero-order valence-electron chi connectivity index (χ0n) is 16.8. The van der Waals surface area contributed by atoms with Gasteiger partial charge in [-0.15, -0.1) is 11.3 Å². The molecule has 1 atom stereocenters. The Labute approximate surface area is 183 Å². The Kier molecular flexibility index (Phi) is 6.49. The second-order valence-electron chi connectivity index (χ2n) is 6.63. The molecule has 156 valence electrons. The minimum atomic E-state index is -0.223. The molecule has 0 radical (unpaired) electrons. The van der Waals surface area contributed by atoms with Crippen molar-refractivity contribution >= 4 is 17.2 Å². The highest BCUT2D eigenvalue weighted by molar-refractivity contribution is 7.10. The van der Waals surface area contributed by atoms with Gasteiger partial charge in [0.2, 0.25) is 5.88 Å². The van der Waals surface area contributed by atoms with Crippen LogP contribution in [-0.4, -0.2) is 27.5 Å². The molecule has 3 aromatic heterocycles. The van der Waals surface area contributed by atoms with E-state index in [1.54, 1.807) is 48.9 Å². The number of pyridine rings is 2. The molecule has 0 aliphatic heterocycles. The minimum absolute atomic E-state index is 0.0916. The van der Waals surface area contributed by atoms with Gasteiger partial charge in [0.15, 0.2) is 6.61 Å². The highest BCUT2D eigenvalue weighted by Gasteiger charge is 2.14. The number of hydrogen-bond donors (Lipinski definition) is 1. The van der Waals surface area contributed by atoms with Gasteiger partial charge >= 0.3 is 0 Å². The normalized spacial score (nSPS) is 11.5. The summed E-state index contributed by atoms with van der Waals surface area (Å²) in [7, 11) is 0. The van der Waals surface area contributed by atoms with Crippen LogP contribution >= 0.6 is 11.3 Å². The monoisotopic (exact) mass is 432 g/mol. The van der Waals surface area contributed by atoms with Gasteiger partial charge in [-0.2, -0.15) is 0 Å². The first-order chi connectivity index (χ1) is 15.2. The molecule has 1 amide bonds. The second kappa shape index (κ2) is 9.82. The van der Waals surface area contributed by atoms with Crippen molar-refractivity contribution < 1.29 is 14.3 Å². The van der Waals surface area contributed by atoms with Gasteiger partial charge in [0.1, 0.15) is 16.5 Å². The molecule has 0 bridgehead atoms. The van der Waals surface area contributed by atoms with Crippen LogP contribution in [0.1, 0.15) is 18.0 Å². The Balaban J connectivity index is 1.27. The summed E-state index contributed by atoms with van der Waals surface area (Å²) in [6, 6.07) is 16.1. The van der Waals surface area contributed by atoms with Crippen LogP contribution in [0, 0.1) is 0 Å². The number of aromatic nitrogens is 3. The number of nitrogens with one attached hydrogen (secondary N) is 1. The third-order valence-corrected chi connectivity index (χ3v) is 5.31. The molecule has 4 rings (SSSR count). The van der Waals surface area contributed by atoms with Crippen molar-refractivity contribution in [1.29, 1.82) is 0 Å². The molecular weight excluding hydrogens is 412 g/mol. The van der Waals surface area contributed by atoms with Crippen molar-refractivity contribution in [2.75, 3.05) is 6.61 Å². The van der Waals surface area contributed by atoms with E-state index in [1.807, 2.05) is 36.6 Å². The third kappa shape index (κ3) is 5.64. The van der Waals surface area contributed by atoms with Gasteiger partial charge in [-0.05, 0) is 49.4 Å². The van der Waals surface area contributed by atoms with Crippen LogP contribution < -0.4 is 14.8 Å². The lowest BCUT2D eigenvalue weighted by atomic mass is 10.2. The Morgan fingerprint density at radius 1 is 1.06 bits per heavy atom. The van der Waals surface area contributed by atoms with Crippen molar-refractivity contribution in [3.63, 3.8) is 0 Å². The number of rotatable bonds is 8. The lowest BCUT2D eigenvalue weighted by Gasteiger charge is -2.12. The number of nitrogens with zero attached hydrogens (tertiary/aromatic N) is 3. The summed E-state index contributed by atoms with van der Waals surface area (Å²) in [6.45, 7) is 1.80. The van der Waals surface area contributed by atoms with Gasteiger partial charge in [0.05, 0.1) is 11.7 Å². The van der Waals surface area contributed by atoms with E-state index in [0.717, 1.165) is 16.3 Å². The molecule has 0 spiro atoms. The number of carbonyl (C=O) groups is 1. The quantitative estimate of drug-likeness (QED) is 0.436. The molecule has 1 unspecified atom stereocenters. The fourth-order valence-electron chi connectivity index (χ4n) is 2.76. The number of carbonyl (C=O) groups excluding carboxylic acids is 1. The number of thiazole rings is 1. The average molecular weight is 433 g/mol. The molecular formula is C23H20N4O3S. The van der Waals surface area contributed by atoms with Crippen LogP contribution in [0.25, 0.3) is 11.3 Å². The molecule has 1 N–H and O–H groups in total. The van der Waals surface area contributed by atoms with Crippen LogP contribution in [0.4, 0.5) is 0 Å². The molecule has 0 aliphatic carbocycles. The summed E-state index contributed by atoms with van der Waals surface area (Å²) in [5.41, 5.74) is 1.79. The van der Waals surface area contributed by atoms with Crippen LogP contribution in [-0.2, 0) is 4.79 Å². The SMILES string of the molecule is CC(NC(=O)COc1ccc(Oc2ccccn2)cc1)c1nc(-c2cccnc2)cs1. The molecule has 0 fully saturated rings. The molecule has 0 saturated heterocycles. The molecule has 7 nitrogen and oxygen atoms in total. The lowest BCUT2D eigenvalue weighted by Crippen LogP contribution is -2.31. The predicted octanol–water partition coefficient (Wildman–Crippen LogP) is 4.65. The number of amides is 1. The fraction of sp³-hybridized carbons (Fsp3) is 0.130. The standard InChI is InChI=1S/C23H20N4O3S/c1-16(23-27-20(15-31-23)17-5-4-11-24-13-17)26-21(28)14-29-18-7-9-19(10-8-18)30-22-6-2-3-12-25-22/h2-13,15-16H,14H2,1H3,(H,26,28). The van der Waals surface area contributed by atoms with Crippen LogP contribution in [0.3, 0.4) is 0 Å². The Bertz CT molecular complexity index is 1120. The summed E-state index contributed by atoms with van der Waals surface area (Å²) < 4.78 is 11.2. The Hall–Kier alpha value is -3.78. The first-order valence-electron chi connectivity index (χ1n) is 9.64. The van der Waals surface area contributed by atoms with Crippen LogP contribution in [0.2, 0.25) is 0 Å². The van der Waals surface area contributed by atoms with Crippen molar-refractivity contribution in [1.82, 2.24) is 20.3 Å². The van der Waals surface area contributed by atoms with Gasteiger partial charge in [-0.3, -0.25) is 9.78 Å². The Morgan fingerprint density at radius 3 is 2.65 bits per heavy atom. The maximum Gasteiger partial charge on any atom is 0.258 e. The second-order valence-corrected chi connectivity index (χ2v) is 7.52. The molecule has 0 aliphatic rings. The van der Waals surface area contributed by atoms with E-state index in [-0.39, 0.29) is 18.6 Å². The average Bonchev–Trinajstić information content (AvgIpc) is 3.31. The molecule has 31 heavy (non-hydrogen) atoms. The van der Waals surface area contributed by atoms with Crippen molar-refractivity contribution in [2.45, 2.75) is 13.0 Å². The summed E-state index contributed by atoms with van der Waals surface area (Å²) >= 11 is 1.50. The summed E-state index contributed by atoms with van der Waals surface area (Å²) in [4.78, 5) is 25.1. The van der Waals surface area contributed by atoms with E-state index in [2.05, 4.69) is 20.3 Å². The highest BCUT2D eigenvalue weighted by Crippen LogP contribution is 2.25. The van der Waals surface area contributed by atoms with Gasteiger partial charge < -0.3 is 14.8 Å². The molecule has 0 saturated carbocycles. The Morgan fingerprint density at radius 2 is 1.90 bits per heavy atom. The zero-order valence-corrected chi connectivity index (χ0v) is 17.6. The van der Waals surface area contributed by atoms with E-state index in [9.17, 15) is 4.79 Å². The van der Waals surface area contributed by atoms with Gasteiger partial charge in [-0.25, -0.2) is 9.97 Å². The van der Waals surface area contributed by atoms with Crippen LogP contribution in [0.15, 0.2) is 78.6 Å². The minimum Gasteiger partial charge on any atom is -0.484 e. The zero-order chi connectivity index (χ0) is 21.5. The lowest BCUT2D eigenvalue weighted by molar-refractivity contribution is -0.123. The molecule has 4 aromatic rings. The van der Waals surface area contributed by atoms with E-state index >= 15 is 0 Å². The number of ether oxygens (including phenoxy) is 2. The van der Waals surface area contributed by atoms with Gasteiger partial charge in [0, 0.05) is 35.6 Å². The van der Waals surface area contributed by atoms with E-state index < -0.39 is 0 Å². The molecule has 3 heterocycles. The van der Waals surface area contributed by atoms with Crippen molar-refractivity contribution in [3.8, 4) is 28.6 Å². The first kappa shape index (κ1) is 20.5. The molecule has 8 heteroatoms. The topological polar surface area (TPSA) is 86.2 Å². The molecule has 1 aromatic carbocycles. The smallest absolute Gasteiger partial charge is 0.258 e. The third-order valence-electron chi connectivity index (χ3n) is 4.28. The van der Waals surface area contributed by atoms with E-state index in [0.29, 0.717) is 17.4 Å². The first-order valence-corrected chi connectivity index (χ1v) is 10.5. The van der Waals surface area contributed by atoms with Crippen molar-refractivity contribution in [2.24, 2.45) is 0 Å². The summed E-state index contributed by atoms with van der Waals surface area (Å²) in [5, 5.41) is 5.69. The number of hydrogen-bond acceptors (Lipinski definition) is 7. The maximum absolute atomic E-state index is 12.3. The van der Waals surface area contributed by atoms with Gasteiger partial charge in [-0.1, -0.05) is 6.07 Å². The summed E-state index contributed by atoms with van der Waals surface area (Å²) in [6.07, 6.45) is 5.15. The summed E-state index contributed by atoms with van der Waals surface area (Å²) in [5.74, 6) is 1.50. The number of benzene rings is 1. The fourth-order valence-corrected chi connectivity index (χ4v) is 3.59.